The molecule has 1 aromatic heterocycles. The van der Waals surface area contributed by atoms with Crippen LogP contribution < -0.4 is 16.3 Å². The highest BCUT2D eigenvalue weighted by Crippen LogP contribution is 2.17. The lowest BCUT2D eigenvalue weighted by Gasteiger charge is -2.17. The van der Waals surface area contributed by atoms with E-state index in [0.29, 0.717) is 23.1 Å². The van der Waals surface area contributed by atoms with Crippen LogP contribution in [0.5, 0.6) is 0 Å². The van der Waals surface area contributed by atoms with Gasteiger partial charge in [0.15, 0.2) is 0 Å². The van der Waals surface area contributed by atoms with Crippen molar-refractivity contribution in [3.63, 3.8) is 0 Å². The number of urea groups is 1. The van der Waals surface area contributed by atoms with E-state index in [1.54, 1.807) is 24.3 Å². The average Bonchev–Trinajstić information content (AvgIpc) is 2.67. The Balaban J connectivity index is 1.71. The Hall–Kier alpha value is -3.61. The molecule has 0 bridgehead atoms. The highest BCUT2D eigenvalue weighted by atomic mass is 16.5. The van der Waals surface area contributed by atoms with Crippen LogP contribution in [0, 0.1) is 0 Å². The Kier molecular flexibility index (Phi) is 5.51. The number of carbonyl (C=O) groups excluding carboxylic acids is 2. The van der Waals surface area contributed by atoms with E-state index in [4.69, 9.17) is 9.15 Å². The first-order valence-corrected chi connectivity index (χ1v) is 8.28. The number of carbonyl (C=O) groups is 2. The third-order valence-electron chi connectivity index (χ3n) is 3.95. The van der Waals surface area contributed by atoms with Crippen molar-refractivity contribution in [2.45, 2.75) is 12.5 Å². The van der Waals surface area contributed by atoms with Crippen LogP contribution in [-0.2, 0) is 16.0 Å². The van der Waals surface area contributed by atoms with Gasteiger partial charge in [0.2, 0.25) is 0 Å². The smallest absolute Gasteiger partial charge is 0.336 e. The molecule has 27 heavy (non-hydrogen) atoms. The van der Waals surface area contributed by atoms with Gasteiger partial charge in [0.1, 0.15) is 11.6 Å². The molecular formula is C20H18N2O5. The fraction of sp³-hybridized carbons (Fsp3) is 0.150. The van der Waals surface area contributed by atoms with Crippen molar-refractivity contribution in [2.75, 3.05) is 12.4 Å². The fourth-order valence-corrected chi connectivity index (χ4v) is 2.66. The van der Waals surface area contributed by atoms with E-state index >= 15 is 0 Å². The number of methoxy groups -OCH3 is 1. The summed E-state index contributed by atoms with van der Waals surface area (Å²) in [5.74, 6) is -0.533. The second-order valence-electron chi connectivity index (χ2n) is 5.87. The molecule has 0 spiro atoms. The molecule has 7 heteroatoms. The first-order chi connectivity index (χ1) is 13.0. The number of fused-ring (bicyclic) bond motifs is 1. The molecule has 7 nitrogen and oxygen atoms in total. The lowest BCUT2D eigenvalue weighted by atomic mass is 10.1. The maximum Gasteiger partial charge on any atom is 0.336 e. The molecule has 0 unspecified atom stereocenters. The zero-order valence-electron chi connectivity index (χ0n) is 14.6. The molecule has 2 amide bonds. The largest absolute Gasteiger partial charge is 0.467 e. The van der Waals surface area contributed by atoms with Crippen molar-refractivity contribution < 1.29 is 18.7 Å². The van der Waals surface area contributed by atoms with Gasteiger partial charge < -0.3 is 19.8 Å². The maximum atomic E-state index is 12.3. The molecule has 0 aliphatic carbocycles. The van der Waals surface area contributed by atoms with E-state index in [9.17, 15) is 14.4 Å². The predicted octanol–water partition coefficient (Wildman–Crippen LogP) is 2.70. The van der Waals surface area contributed by atoms with Crippen LogP contribution in [0.4, 0.5) is 10.5 Å². The second kappa shape index (κ2) is 8.18. The third-order valence-corrected chi connectivity index (χ3v) is 3.95. The molecule has 138 valence electrons. The van der Waals surface area contributed by atoms with Gasteiger partial charge >= 0.3 is 17.6 Å². The van der Waals surface area contributed by atoms with Crippen molar-refractivity contribution in [3.05, 3.63) is 76.6 Å². The lowest BCUT2D eigenvalue weighted by molar-refractivity contribution is -0.142. The summed E-state index contributed by atoms with van der Waals surface area (Å²) in [5.41, 5.74) is 1.37. The molecule has 0 fully saturated rings. The summed E-state index contributed by atoms with van der Waals surface area (Å²) in [6, 6.07) is 15.7. The van der Waals surface area contributed by atoms with E-state index in [1.165, 1.54) is 13.2 Å². The number of esters is 1. The highest BCUT2D eigenvalue weighted by molar-refractivity contribution is 5.94. The Morgan fingerprint density at radius 1 is 1.07 bits per heavy atom. The average molecular weight is 366 g/mol. The predicted molar refractivity (Wildman–Crippen MR) is 101 cm³/mol. The number of anilines is 1. The Bertz CT molecular complexity index is 1010. The normalized spacial score (nSPS) is 11.6. The molecule has 1 heterocycles. The Labute approximate surface area is 154 Å². The fourth-order valence-electron chi connectivity index (χ4n) is 2.66. The van der Waals surface area contributed by atoms with Gasteiger partial charge in [-0.3, -0.25) is 0 Å². The van der Waals surface area contributed by atoms with Crippen LogP contribution in [0.15, 0.2) is 69.9 Å². The number of hydrogen-bond acceptors (Lipinski definition) is 5. The molecular weight excluding hydrogens is 348 g/mol. The number of nitrogens with one attached hydrogen (secondary N) is 2. The second-order valence-corrected chi connectivity index (χ2v) is 5.87. The first kappa shape index (κ1) is 18.2. The summed E-state index contributed by atoms with van der Waals surface area (Å²) in [4.78, 5) is 35.5. The lowest BCUT2D eigenvalue weighted by Crippen LogP contribution is -2.45. The molecule has 3 aromatic rings. The Morgan fingerprint density at radius 2 is 1.85 bits per heavy atom. The van der Waals surface area contributed by atoms with E-state index < -0.39 is 23.7 Å². The van der Waals surface area contributed by atoms with Crippen molar-refractivity contribution in [2.24, 2.45) is 0 Å². The minimum Gasteiger partial charge on any atom is -0.467 e. The van der Waals surface area contributed by atoms with Crippen molar-refractivity contribution in [3.8, 4) is 0 Å². The molecule has 0 radical (unpaired) electrons. The van der Waals surface area contributed by atoms with Gasteiger partial charge in [0.25, 0.3) is 0 Å². The van der Waals surface area contributed by atoms with Crippen LogP contribution in [0.1, 0.15) is 5.56 Å². The molecule has 1 atom stereocenters. The highest BCUT2D eigenvalue weighted by Gasteiger charge is 2.22. The van der Waals surface area contributed by atoms with Gasteiger partial charge in [-0.25, -0.2) is 14.4 Å². The molecule has 2 aromatic carbocycles. The van der Waals surface area contributed by atoms with Crippen LogP contribution in [0.3, 0.4) is 0 Å². The van der Waals surface area contributed by atoms with Crippen LogP contribution >= 0.6 is 0 Å². The topological polar surface area (TPSA) is 97.6 Å². The summed E-state index contributed by atoms with van der Waals surface area (Å²) in [6.45, 7) is 0. The molecule has 0 saturated heterocycles. The molecule has 2 N–H and O–H groups in total. The number of rotatable bonds is 5. The minimum atomic E-state index is -0.823. The van der Waals surface area contributed by atoms with Gasteiger partial charge in [0, 0.05) is 23.6 Å². The summed E-state index contributed by atoms with van der Waals surface area (Å²) in [5, 5.41) is 5.96. The van der Waals surface area contributed by atoms with Crippen molar-refractivity contribution >= 4 is 28.7 Å². The minimum absolute atomic E-state index is 0.309. The number of amides is 2. The van der Waals surface area contributed by atoms with Gasteiger partial charge in [0.05, 0.1) is 7.11 Å². The van der Waals surface area contributed by atoms with Gasteiger partial charge in [-0.2, -0.15) is 0 Å². The number of benzene rings is 2. The Morgan fingerprint density at radius 3 is 2.59 bits per heavy atom. The van der Waals surface area contributed by atoms with E-state index in [2.05, 4.69) is 10.6 Å². The summed E-state index contributed by atoms with van der Waals surface area (Å²) in [7, 11) is 1.27. The van der Waals surface area contributed by atoms with Gasteiger partial charge in [-0.05, 0) is 29.8 Å². The zero-order chi connectivity index (χ0) is 19.2. The summed E-state index contributed by atoms with van der Waals surface area (Å²) in [6.07, 6.45) is 0.309. The first-order valence-electron chi connectivity index (χ1n) is 8.28. The SMILES string of the molecule is COC(=O)[C@H](Cc1ccccc1)NC(=O)Nc1ccc2oc(=O)ccc2c1. The van der Waals surface area contributed by atoms with E-state index in [-0.39, 0.29) is 0 Å². The molecule has 0 saturated carbocycles. The zero-order valence-corrected chi connectivity index (χ0v) is 14.6. The number of hydrogen-bond donors (Lipinski definition) is 2. The van der Waals surface area contributed by atoms with Crippen molar-refractivity contribution in [1.82, 2.24) is 5.32 Å². The summed E-state index contributed by atoms with van der Waals surface area (Å²) >= 11 is 0. The van der Waals surface area contributed by atoms with Crippen LogP contribution in [0.25, 0.3) is 11.0 Å². The van der Waals surface area contributed by atoms with Gasteiger partial charge in [-0.1, -0.05) is 30.3 Å². The van der Waals surface area contributed by atoms with Crippen molar-refractivity contribution in [1.29, 1.82) is 0 Å². The quantitative estimate of drug-likeness (QED) is 0.534. The molecule has 0 aliphatic rings. The van der Waals surface area contributed by atoms with Gasteiger partial charge in [-0.15, -0.1) is 0 Å². The molecule has 3 rings (SSSR count). The van der Waals surface area contributed by atoms with E-state index in [0.717, 1.165) is 5.56 Å². The monoisotopic (exact) mass is 366 g/mol. The summed E-state index contributed by atoms with van der Waals surface area (Å²) < 4.78 is 9.83. The maximum absolute atomic E-state index is 12.3. The molecule has 0 aliphatic heterocycles. The number of ether oxygens (including phenoxy) is 1. The van der Waals surface area contributed by atoms with E-state index in [1.807, 2.05) is 30.3 Å². The third kappa shape index (κ3) is 4.72. The standard InChI is InChI=1S/C20H18N2O5/c1-26-19(24)16(11-13-5-3-2-4-6-13)22-20(25)21-15-8-9-17-14(12-15)7-10-18(23)27-17/h2-10,12,16H,11H2,1H3,(H2,21,22,25)/t16-/m0/s1. The van der Waals surface area contributed by atoms with Crippen LogP contribution in [0.2, 0.25) is 0 Å². The van der Waals surface area contributed by atoms with Crippen LogP contribution in [-0.4, -0.2) is 25.2 Å².